The van der Waals surface area contributed by atoms with Crippen molar-refractivity contribution in [2.45, 2.75) is 33.5 Å². The van der Waals surface area contributed by atoms with Crippen LogP contribution in [0.2, 0.25) is 5.02 Å². The van der Waals surface area contributed by atoms with E-state index in [0.717, 1.165) is 0 Å². The van der Waals surface area contributed by atoms with E-state index in [1.165, 1.54) is 11.6 Å². The fourth-order valence-corrected chi connectivity index (χ4v) is 2.07. The Labute approximate surface area is 128 Å². The summed E-state index contributed by atoms with van der Waals surface area (Å²) in [6.45, 7) is 4.48. The molecule has 0 spiro atoms. The van der Waals surface area contributed by atoms with Crippen LogP contribution < -0.4 is 5.32 Å². The van der Waals surface area contributed by atoms with Gasteiger partial charge >= 0.3 is 6.18 Å². The third kappa shape index (κ3) is 3.08. The number of carbonyl (C=O) groups excluding carboxylic acids is 1. The first-order valence-electron chi connectivity index (χ1n) is 6.22. The van der Waals surface area contributed by atoms with Crippen molar-refractivity contribution in [3.8, 4) is 0 Å². The van der Waals surface area contributed by atoms with Crippen molar-refractivity contribution < 1.29 is 18.0 Å². The molecule has 0 bridgehead atoms. The molecule has 0 saturated heterocycles. The molecule has 0 aliphatic carbocycles. The molecule has 0 unspecified atom stereocenters. The number of carbonyl (C=O) groups is 1. The summed E-state index contributed by atoms with van der Waals surface area (Å²) >= 11 is 5.96. The molecule has 120 valence electrons. The molecule has 0 radical (unpaired) electrons. The minimum atomic E-state index is -4.66. The number of aryl methyl sites for hydroxylation is 2. The van der Waals surface area contributed by atoms with Gasteiger partial charge < -0.3 is 5.32 Å². The second-order valence-corrected chi connectivity index (χ2v) is 5.14. The Hall–Kier alpha value is -2.03. The molecule has 2 aromatic heterocycles. The fourth-order valence-electron chi connectivity index (χ4n) is 1.93. The Balaban J connectivity index is 2.20. The normalized spacial score (nSPS) is 11.8. The molecule has 0 aliphatic rings. The average molecular weight is 336 g/mol. The molecule has 2 rings (SSSR count). The van der Waals surface area contributed by atoms with E-state index < -0.39 is 17.8 Å². The molecule has 1 amide bonds. The summed E-state index contributed by atoms with van der Waals surface area (Å²) in [4.78, 5) is 12.0. The van der Waals surface area contributed by atoms with Gasteiger partial charge in [0.2, 0.25) is 5.91 Å². The van der Waals surface area contributed by atoms with E-state index in [2.05, 4.69) is 20.6 Å². The number of H-pyrrole nitrogens is 1. The molecule has 0 aromatic carbocycles. The number of halogens is 4. The fraction of sp³-hybridized carbons (Fsp3) is 0.417. The summed E-state index contributed by atoms with van der Waals surface area (Å²) in [5.74, 6) is -0.655. The molecule has 0 aliphatic heterocycles. The summed E-state index contributed by atoms with van der Waals surface area (Å²) < 4.78 is 39.7. The zero-order chi connectivity index (χ0) is 16.7. The van der Waals surface area contributed by atoms with Crippen LogP contribution in [0, 0.1) is 20.8 Å². The number of rotatable bonds is 3. The van der Waals surface area contributed by atoms with Gasteiger partial charge in [0.25, 0.3) is 0 Å². The van der Waals surface area contributed by atoms with Crippen molar-refractivity contribution in [3.05, 3.63) is 27.8 Å². The lowest BCUT2D eigenvalue weighted by Crippen LogP contribution is -2.22. The van der Waals surface area contributed by atoms with E-state index in [-0.39, 0.29) is 17.9 Å². The van der Waals surface area contributed by atoms with Gasteiger partial charge in [0, 0.05) is 0 Å². The van der Waals surface area contributed by atoms with Crippen molar-refractivity contribution in [2.24, 2.45) is 0 Å². The van der Waals surface area contributed by atoms with Crippen LogP contribution >= 0.6 is 11.6 Å². The Morgan fingerprint density at radius 1 is 1.36 bits per heavy atom. The van der Waals surface area contributed by atoms with Crippen LogP contribution in [0.1, 0.15) is 22.8 Å². The molecule has 0 saturated carbocycles. The van der Waals surface area contributed by atoms with E-state index in [1.807, 2.05) is 0 Å². The van der Waals surface area contributed by atoms with Crippen molar-refractivity contribution in [2.75, 3.05) is 5.32 Å². The molecular weight excluding hydrogens is 323 g/mol. The number of amides is 1. The lowest BCUT2D eigenvalue weighted by Gasteiger charge is -2.09. The maximum absolute atomic E-state index is 12.8. The molecule has 2 heterocycles. The first kappa shape index (κ1) is 16.3. The predicted molar refractivity (Wildman–Crippen MR) is 73.7 cm³/mol. The van der Waals surface area contributed by atoms with E-state index in [9.17, 15) is 18.0 Å². The Morgan fingerprint density at radius 3 is 2.50 bits per heavy atom. The zero-order valence-electron chi connectivity index (χ0n) is 12.0. The summed E-state index contributed by atoms with van der Waals surface area (Å²) in [6.07, 6.45) is -4.66. The minimum Gasteiger partial charge on any atom is -0.321 e. The van der Waals surface area contributed by atoms with Crippen molar-refractivity contribution in [1.29, 1.82) is 0 Å². The number of hydrogen-bond acceptors (Lipinski definition) is 3. The highest BCUT2D eigenvalue weighted by molar-refractivity contribution is 6.31. The maximum Gasteiger partial charge on any atom is 0.437 e. The van der Waals surface area contributed by atoms with Crippen molar-refractivity contribution in [1.82, 2.24) is 20.0 Å². The number of nitrogens with one attached hydrogen (secondary N) is 2. The van der Waals surface area contributed by atoms with Crippen LogP contribution in [-0.4, -0.2) is 25.9 Å². The van der Waals surface area contributed by atoms with Gasteiger partial charge in [-0.15, -0.1) is 0 Å². The van der Waals surface area contributed by atoms with Crippen LogP contribution in [0.5, 0.6) is 0 Å². The SMILES string of the molecule is Cc1nn(CC(=O)Nc2c(C(F)(F)F)n[nH]c2C)c(C)c1Cl. The number of aromatic nitrogens is 4. The van der Waals surface area contributed by atoms with Gasteiger partial charge in [0.05, 0.1) is 27.8 Å². The first-order chi connectivity index (χ1) is 10.1. The molecule has 0 fully saturated rings. The smallest absolute Gasteiger partial charge is 0.321 e. The number of alkyl halides is 3. The van der Waals surface area contributed by atoms with Gasteiger partial charge in [-0.05, 0) is 20.8 Å². The van der Waals surface area contributed by atoms with E-state index in [1.54, 1.807) is 13.8 Å². The van der Waals surface area contributed by atoms with Gasteiger partial charge in [0.1, 0.15) is 6.54 Å². The van der Waals surface area contributed by atoms with Crippen LogP contribution in [0.15, 0.2) is 0 Å². The minimum absolute atomic E-state index is 0.118. The monoisotopic (exact) mass is 335 g/mol. The van der Waals surface area contributed by atoms with E-state index in [4.69, 9.17) is 11.6 Å². The molecule has 2 N–H and O–H groups in total. The van der Waals surface area contributed by atoms with Crippen LogP contribution in [0.4, 0.5) is 18.9 Å². The summed E-state index contributed by atoms with van der Waals surface area (Å²) in [7, 11) is 0. The number of hydrogen-bond donors (Lipinski definition) is 2. The standard InChI is InChI=1S/C12H13ClF3N5O/c1-5-9(13)7(3)21(20-5)4-8(22)17-10-6(2)18-19-11(10)12(14,15)16/h4H2,1-3H3,(H,17,22)(H,18,19). The van der Waals surface area contributed by atoms with Gasteiger partial charge in [-0.2, -0.15) is 23.4 Å². The third-order valence-corrected chi connectivity index (χ3v) is 3.61. The number of aromatic amines is 1. The molecule has 10 heteroatoms. The van der Waals surface area contributed by atoms with Crippen LogP contribution in [0.3, 0.4) is 0 Å². The first-order valence-corrected chi connectivity index (χ1v) is 6.60. The molecule has 0 atom stereocenters. The van der Waals surface area contributed by atoms with Gasteiger partial charge in [-0.3, -0.25) is 14.6 Å². The van der Waals surface area contributed by atoms with Gasteiger partial charge in [-0.25, -0.2) is 0 Å². The average Bonchev–Trinajstić information content (AvgIpc) is 2.86. The summed E-state index contributed by atoms with van der Waals surface area (Å²) in [5.41, 5.74) is -0.321. The molecular formula is C12H13ClF3N5O. The Bertz CT molecular complexity index is 719. The van der Waals surface area contributed by atoms with Crippen molar-refractivity contribution >= 4 is 23.2 Å². The van der Waals surface area contributed by atoms with Crippen LogP contribution in [0.25, 0.3) is 0 Å². The predicted octanol–water partition coefficient (Wildman–Crippen LogP) is 2.84. The highest BCUT2D eigenvalue weighted by atomic mass is 35.5. The molecule has 6 nitrogen and oxygen atoms in total. The lowest BCUT2D eigenvalue weighted by atomic mass is 10.3. The zero-order valence-corrected chi connectivity index (χ0v) is 12.7. The van der Waals surface area contributed by atoms with E-state index >= 15 is 0 Å². The highest BCUT2D eigenvalue weighted by Gasteiger charge is 2.38. The highest BCUT2D eigenvalue weighted by Crippen LogP contribution is 2.34. The van der Waals surface area contributed by atoms with Crippen molar-refractivity contribution in [3.63, 3.8) is 0 Å². The molecule has 2 aromatic rings. The lowest BCUT2D eigenvalue weighted by molar-refractivity contribution is -0.140. The molecule has 22 heavy (non-hydrogen) atoms. The summed E-state index contributed by atoms with van der Waals surface area (Å²) in [5, 5.41) is 12.1. The van der Waals surface area contributed by atoms with E-state index in [0.29, 0.717) is 16.4 Å². The number of anilines is 1. The third-order valence-electron chi connectivity index (χ3n) is 3.07. The quantitative estimate of drug-likeness (QED) is 0.905. The Morgan fingerprint density at radius 2 is 2.00 bits per heavy atom. The topological polar surface area (TPSA) is 75.6 Å². The second-order valence-electron chi connectivity index (χ2n) is 4.76. The largest absolute Gasteiger partial charge is 0.437 e. The van der Waals surface area contributed by atoms with Gasteiger partial charge in [0.15, 0.2) is 5.69 Å². The summed E-state index contributed by atoms with van der Waals surface area (Å²) in [6, 6.07) is 0. The van der Waals surface area contributed by atoms with Gasteiger partial charge in [-0.1, -0.05) is 11.6 Å². The number of nitrogens with zero attached hydrogens (tertiary/aromatic N) is 3. The maximum atomic E-state index is 12.8. The second kappa shape index (κ2) is 5.64. The van der Waals surface area contributed by atoms with Crippen LogP contribution in [-0.2, 0) is 17.5 Å². The Kier molecular flexibility index (Phi) is 4.19.